The average molecular weight is 227 g/mol. The van der Waals surface area contributed by atoms with Crippen molar-refractivity contribution in [2.24, 2.45) is 5.92 Å². The fraction of sp³-hybridized carbons (Fsp3) is 0.923. The maximum atomic E-state index is 12.1. The van der Waals surface area contributed by atoms with Crippen molar-refractivity contribution in [2.75, 3.05) is 7.11 Å². The SMILES string of the molecule is CCC1CCCCC1(NC(C)C)C(=O)OC. The Morgan fingerprint density at radius 2 is 2.19 bits per heavy atom. The lowest BCUT2D eigenvalue weighted by molar-refractivity contribution is -0.153. The van der Waals surface area contributed by atoms with Gasteiger partial charge in [-0.3, -0.25) is 10.1 Å². The summed E-state index contributed by atoms with van der Waals surface area (Å²) in [6.45, 7) is 6.34. The molecule has 3 nitrogen and oxygen atoms in total. The molecule has 0 heterocycles. The zero-order chi connectivity index (χ0) is 12.2. The van der Waals surface area contributed by atoms with Gasteiger partial charge in [0.05, 0.1) is 7.11 Å². The van der Waals surface area contributed by atoms with Gasteiger partial charge in [-0.05, 0) is 32.6 Å². The van der Waals surface area contributed by atoms with E-state index in [2.05, 4.69) is 26.1 Å². The normalized spacial score (nSPS) is 30.4. The quantitative estimate of drug-likeness (QED) is 0.750. The second-order valence-corrected chi connectivity index (χ2v) is 5.11. The summed E-state index contributed by atoms with van der Waals surface area (Å²) in [5.74, 6) is 0.337. The number of rotatable bonds is 4. The van der Waals surface area contributed by atoms with Crippen LogP contribution in [-0.2, 0) is 9.53 Å². The number of ether oxygens (including phenoxy) is 1. The summed E-state index contributed by atoms with van der Waals surface area (Å²) in [5.41, 5.74) is -0.435. The third-order valence-electron chi connectivity index (χ3n) is 3.66. The van der Waals surface area contributed by atoms with Crippen LogP contribution in [0.1, 0.15) is 52.9 Å². The average Bonchev–Trinajstić information content (AvgIpc) is 2.27. The molecule has 1 rings (SSSR count). The van der Waals surface area contributed by atoms with Gasteiger partial charge in [0.25, 0.3) is 0 Å². The van der Waals surface area contributed by atoms with Gasteiger partial charge in [0.15, 0.2) is 0 Å². The molecule has 0 aliphatic heterocycles. The lowest BCUT2D eigenvalue weighted by Gasteiger charge is -2.43. The number of hydrogen-bond donors (Lipinski definition) is 1. The third kappa shape index (κ3) is 2.57. The van der Waals surface area contributed by atoms with Crippen LogP contribution >= 0.6 is 0 Å². The van der Waals surface area contributed by atoms with Crippen molar-refractivity contribution in [2.45, 2.75) is 64.5 Å². The van der Waals surface area contributed by atoms with Crippen LogP contribution in [-0.4, -0.2) is 24.7 Å². The van der Waals surface area contributed by atoms with Gasteiger partial charge in [-0.15, -0.1) is 0 Å². The maximum absolute atomic E-state index is 12.1. The lowest BCUT2D eigenvalue weighted by atomic mass is 9.71. The Hall–Kier alpha value is -0.570. The Bertz CT molecular complexity index is 240. The van der Waals surface area contributed by atoms with E-state index in [9.17, 15) is 4.79 Å². The lowest BCUT2D eigenvalue weighted by Crippen LogP contribution is -2.61. The predicted molar refractivity (Wildman–Crippen MR) is 65.3 cm³/mol. The molecular formula is C13H25NO2. The van der Waals surface area contributed by atoms with Crippen LogP contribution < -0.4 is 5.32 Å². The van der Waals surface area contributed by atoms with Gasteiger partial charge >= 0.3 is 5.97 Å². The molecule has 0 bridgehead atoms. The van der Waals surface area contributed by atoms with Crippen molar-refractivity contribution in [1.82, 2.24) is 5.32 Å². The molecule has 1 aliphatic carbocycles. The van der Waals surface area contributed by atoms with E-state index < -0.39 is 5.54 Å². The molecule has 3 heteroatoms. The first-order valence-electron chi connectivity index (χ1n) is 6.43. The van der Waals surface area contributed by atoms with E-state index in [0.717, 1.165) is 25.7 Å². The van der Waals surface area contributed by atoms with E-state index in [-0.39, 0.29) is 5.97 Å². The molecule has 1 saturated carbocycles. The summed E-state index contributed by atoms with van der Waals surface area (Å²) in [5, 5.41) is 3.47. The van der Waals surface area contributed by atoms with Crippen molar-refractivity contribution in [3.05, 3.63) is 0 Å². The van der Waals surface area contributed by atoms with Crippen LogP contribution in [0.15, 0.2) is 0 Å². The minimum atomic E-state index is -0.435. The van der Waals surface area contributed by atoms with Crippen molar-refractivity contribution in [3.8, 4) is 0 Å². The Balaban J connectivity index is 2.94. The number of carbonyl (C=O) groups excluding carboxylic acids is 1. The molecular weight excluding hydrogens is 202 g/mol. The van der Waals surface area contributed by atoms with Gasteiger partial charge < -0.3 is 4.74 Å². The Labute approximate surface area is 98.9 Å². The highest BCUT2D eigenvalue weighted by molar-refractivity contribution is 5.81. The highest BCUT2D eigenvalue weighted by Crippen LogP contribution is 2.37. The molecule has 1 aliphatic rings. The number of esters is 1. The second-order valence-electron chi connectivity index (χ2n) is 5.11. The van der Waals surface area contributed by atoms with Gasteiger partial charge in [-0.2, -0.15) is 0 Å². The van der Waals surface area contributed by atoms with Gasteiger partial charge in [-0.1, -0.05) is 26.2 Å². The van der Waals surface area contributed by atoms with Crippen LogP contribution in [0, 0.1) is 5.92 Å². The molecule has 0 aromatic rings. The molecule has 0 amide bonds. The van der Waals surface area contributed by atoms with Crippen molar-refractivity contribution >= 4 is 5.97 Å². The minimum absolute atomic E-state index is 0.0762. The molecule has 0 saturated heterocycles. The fourth-order valence-electron chi connectivity index (χ4n) is 3.01. The summed E-state index contributed by atoms with van der Waals surface area (Å²) in [7, 11) is 1.49. The molecule has 0 radical (unpaired) electrons. The number of carbonyl (C=O) groups is 1. The van der Waals surface area contributed by atoms with Crippen LogP contribution in [0.2, 0.25) is 0 Å². The molecule has 16 heavy (non-hydrogen) atoms. The highest BCUT2D eigenvalue weighted by atomic mass is 16.5. The zero-order valence-corrected chi connectivity index (χ0v) is 11.0. The number of nitrogens with one attached hydrogen (secondary N) is 1. The van der Waals surface area contributed by atoms with Crippen LogP contribution in [0.3, 0.4) is 0 Å². The smallest absolute Gasteiger partial charge is 0.326 e. The van der Waals surface area contributed by atoms with Crippen molar-refractivity contribution in [3.63, 3.8) is 0 Å². The van der Waals surface area contributed by atoms with E-state index in [1.54, 1.807) is 0 Å². The van der Waals surface area contributed by atoms with Gasteiger partial charge in [-0.25, -0.2) is 0 Å². The van der Waals surface area contributed by atoms with Crippen LogP contribution in [0.5, 0.6) is 0 Å². The zero-order valence-electron chi connectivity index (χ0n) is 11.0. The van der Waals surface area contributed by atoms with E-state index in [1.807, 2.05) is 0 Å². The van der Waals surface area contributed by atoms with Gasteiger partial charge in [0, 0.05) is 6.04 Å². The maximum Gasteiger partial charge on any atom is 0.326 e. The third-order valence-corrected chi connectivity index (χ3v) is 3.66. The molecule has 94 valence electrons. The van der Waals surface area contributed by atoms with E-state index in [1.165, 1.54) is 13.5 Å². The van der Waals surface area contributed by atoms with Crippen LogP contribution in [0.4, 0.5) is 0 Å². The summed E-state index contributed by atoms with van der Waals surface area (Å²) >= 11 is 0. The summed E-state index contributed by atoms with van der Waals surface area (Å²) in [6, 6.07) is 0.311. The molecule has 0 spiro atoms. The number of hydrogen-bond acceptors (Lipinski definition) is 3. The Morgan fingerprint density at radius 3 is 2.69 bits per heavy atom. The standard InChI is InChI=1S/C13H25NO2/c1-5-11-8-6-7-9-13(11,12(15)16-4)14-10(2)3/h10-11,14H,5-9H2,1-4H3. The van der Waals surface area contributed by atoms with E-state index in [4.69, 9.17) is 4.74 Å². The first kappa shape index (κ1) is 13.5. The van der Waals surface area contributed by atoms with Crippen molar-refractivity contribution < 1.29 is 9.53 Å². The molecule has 0 aromatic heterocycles. The Morgan fingerprint density at radius 1 is 1.50 bits per heavy atom. The van der Waals surface area contributed by atoms with Gasteiger partial charge in [0.1, 0.15) is 5.54 Å². The molecule has 0 aromatic carbocycles. The summed E-state index contributed by atoms with van der Waals surface area (Å²) < 4.78 is 5.02. The van der Waals surface area contributed by atoms with Crippen molar-refractivity contribution in [1.29, 1.82) is 0 Å². The predicted octanol–water partition coefficient (Wildman–Crippen LogP) is 2.50. The molecule has 2 atom stereocenters. The largest absolute Gasteiger partial charge is 0.468 e. The van der Waals surface area contributed by atoms with Gasteiger partial charge in [0.2, 0.25) is 0 Å². The van der Waals surface area contributed by atoms with E-state index in [0.29, 0.717) is 12.0 Å². The second kappa shape index (κ2) is 5.67. The first-order valence-corrected chi connectivity index (χ1v) is 6.43. The number of methoxy groups -OCH3 is 1. The molecule has 2 unspecified atom stereocenters. The van der Waals surface area contributed by atoms with E-state index >= 15 is 0 Å². The highest BCUT2D eigenvalue weighted by Gasteiger charge is 2.47. The monoisotopic (exact) mass is 227 g/mol. The first-order chi connectivity index (χ1) is 7.56. The summed E-state index contributed by atoms with van der Waals surface area (Å²) in [4.78, 5) is 12.1. The molecule has 1 fully saturated rings. The summed E-state index contributed by atoms with van der Waals surface area (Å²) in [6.07, 6.45) is 5.43. The Kier molecular flexibility index (Phi) is 4.78. The van der Waals surface area contributed by atoms with Crippen LogP contribution in [0.25, 0.3) is 0 Å². The fourth-order valence-corrected chi connectivity index (χ4v) is 3.01. The molecule has 1 N–H and O–H groups in total. The minimum Gasteiger partial charge on any atom is -0.468 e. The topological polar surface area (TPSA) is 38.3 Å².